The van der Waals surface area contributed by atoms with Crippen molar-refractivity contribution in [3.05, 3.63) is 82.7 Å². The number of fused-ring (bicyclic) bond motifs is 1. The van der Waals surface area contributed by atoms with Crippen molar-refractivity contribution in [2.24, 2.45) is 0 Å². The molecule has 2 heterocycles. The first-order chi connectivity index (χ1) is 11.6. The van der Waals surface area contributed by atoms with Crippen LogP contribution in [0.5, 0.6) is 0 Å². The first-order valence-corrected chi connectivity index (χ1v) is 7.59. The third kappa shape index (κ3) is 2.45. The third-order valence-corrected chi connectivity index (χ3v) is 4.19. The average molecular weight is 345 g/mol. The molecule has 24 heavy (non-hydrogen) atoms. The smallest absolute Gasteiger partial charge is 0.226 e. The highest BCUT2D eigenvalue weighted by molar-refractivity contribution is 6.31. The number of hydrogen-bond acceptors (Lipinski definition) is 3. The lowest BCUT2D eigenvalue weighted by Gasteiger charge is -2.25. The fourth-order valence-electron chi connectivity index (χ4n) is 2.73. The van der Waals surface area contributed by atoms with Crippen LogP contribution in [0.4, 0.5) is 14.7 Å². The van der Waals surface area contributed by atoms with Gasteiger partial charge in [0.25, 0.3) is 0 Å². The van der Waals surface area contributed by atoms with Crippen LogP contribution in [-0.2, 0) is 0 Å². The molecule has 0 saturated carbocycles. The molecular formula is C17H11ClF2N4. The Labute approximate surface area is 141 Å². The summed E-state index contributed by atoms with van der Waals surface area (Å²) in [6.45, 7) is 0. The summed E-state index contributed by atoms with van der Waals surface area (Å²) in [5, 5.41) is 7.57. The second-order valence-electron chi connectivity index (χ2n) is 5.32. The summed E-state index contributed by atoms with van der Waals surface area (Å²) < 4.78 is 29.1. The van der Waals surface area contributed by atoms with Gasteiger partial charge in [-0.05, 0) is 48.0 Å². The van der Waals surface area contributed by atoms with Gasteiger partial charge in [0.15, 0.2) is 0 Å². The molecule has 1 unspecified atom stereocenters. The molecule has 0 bridgehead atoms. The topological polar surface area (TPSA) is 42.7 Å². The Kier molecular flexibility index (Phi) is 3.54. The van der Waals surface area contributed by atoms with E-state index in [9.17, 15) is 8.78 Å². The van der Waals surface area contributed by atoms with E-state index in [2.05, 4.69) is 15.4 Å². The third-order valence-electron chi connectivity index (χ3n) is 3.86. The summed E-state index contributed by atoms with van der Waals surface area (Å²) in [5.74, 6) is -0.293. The molecule has 1 aliphatic heterocycles. The van der Waals surface area contributed by atoms with Crippen LogP contribution in [0.1, 0.15) is 17.2 Å². The summed E-state index contributed by atoms with van der Waals surface area (Å²) in [6.07, 6.45) is 3.17. The van der Waals surface area contributed by atoms with Gasteiger partial charge in [-0.25, -0.2) is 13.5 Å². The Morgan fingerprint density at radius 3 is 2.62 bits per heavy atom. The Balaban J connectivity index is 1.87. The number of aromatic nitrogens is 3. The van der Waals surface area contributed by atoms with E-state index in [1.165, 1.54) is 24.5 Å². The maximum Gasteiger partial charge on any atom is 0.226 e. The molecule has 120 valence electrons. The summed E-state index contributed by atoms with van der Waals surface area (Å²) in [6, 6.07) is 9.98. The van der Waals surface area contributed by atoms with Gasteiger partial charge in [-0.1, -0.05) is 17.7 Å². The highest BCUT2D eigenvalue weighted by Crippen LogP contribution is 2.36. The van der Waals surface area contributed by atoms with Gasteiger partial charge in [-0.15, -0.1) is 0 Å². The highest BCUT2D eigenvalue weighted by atomic mass is 35.5. The molecule has 4 rings (SSSR count). The van der Waals surface area contributed by atoms with Crippen molar-refractivity contribution < 1.29 is 8.78 Å². The van der Waals surface area contributed by atoms with E-state index in [0.717, 1.165) is 5.56 Å². The molecule has 1 aliphatic rings. The molecule has 0 saturated heterocycles. The molecule has 7 heteroatoms. The van der Waals surface area contributed by atoms with Gasteiger partial charge in [0.2, 0.25) is 5.95 Å². The number of benzene rings is 2. The van der Waals surface area contributed by atoms with E-state index >= 15 is 0 Å². The van der Waals surface area contributed by atoms with E-state index in [-0.39, 0.29) is 5.82 Å². The van der Waals surface area contributed by atoms with Gasteiger partial charge >= 0.3 is 0 Å². The van der Waals surface area contributed by atoms with Gasteiger partial charge in [0.1, 0.15) is 24.0 Å². The van der Waals surface area contributed by atoms with Crippen LogP contribution in [0.3, 0.4) is 0 Å². The zero-order valence-corrected chi connectivity index (χ0v) is 13.0. The molecule has 0 spiro atoms. The minimum absolute atomic E-state index is 0.304. The molecule has 1 atom stereocenters. The fourth-order valence-corrected chi connectivity index (χ4v) is 3.01. The number of rotatable bonds is 2. The van der Waals surface area contributed by atoms with Crippen molar-refractivity contribution in [3.8, 4) is 0 Å². The van der Waals surface area contributed by atoms with Crippen LogP contribution in [-0.4, -0.2) is 14.8 Å². The Bertz CT molecular complexity index is 914. The Hall–Kier alpha value is -2.73. The lowest BCUT2D eigenvalue weighted by Crippen LogP contribution is -2.21. The number of halogens is 3. The Morgan fingerprint density at radius 1 is 1.08 bits per heavy atom. The number of anilines is 1. The van der Waals surface area contributed by atoms with E-state index in [4.69, 9.17) is 11.6 Å². The van der Waals surface area contributed by atoms with Gasteiger partial charge in [-0.3, -0.25) is 0 Å². The summed E-state index contributed by atoms with van der Waals surface area (Å²) in [7, 11) is 0. The maximum absolute atomic E-state index is 14.4. The number of nitrogens with one attached hydrogen (secondary N) is 1. The summed E-state index contributed by atoms with van der Waals surface area (Å²) in [5.41, 5.74) is 1.75. The molecule has 0 aliphatic carbocycles. The highest BCUT2D eigenvalue weighted by Gasteiger charge is 2.27. The van der Waals surface area contributed by atoms with Crippen LogP contribution in [0.25, 0.3) is 5.70 Å². The van der Waals surface area contributed by atoms with Crippen molar-refractivity contribution >= 4 is 23.2 Å². The molecule has 0 radical (unpaired) electrons. The minimum Gasteiger partial charge on any atom is -0.324 e. The number of nitrogens with zero attached hydrogens (tertiary/aromatic N) is 3. The quantitative estimate of drug-likeness (QED) is 0.755. The van der Waals surface area contributed by atoms with Crippen LogP contribution in [0, 0.1) is 11.6 Å². The van der Waals surface area contributed by atoms with Crippen molar-refractivity contribution in [1.82, 2.24) is 14.8 Å². The Morgan fingerprint density at radius 2 is 1.88 bits per heavy atom. The van der Waals surface area contributed by atoms with Crippen LogP contribution in [0.2, 0.25) is 5.02 Å². The first-order valence-electron chi connectivity index (χ1n) is 7.21. The van der Waals surface area contributed by atoms with Gasteiger partial charge in [0, 0.05) is 16.3 Å². The van der Waals surface area contributed by atoms with Crippen molar-refractivity contribution in [2.75, 3.05) is 5.32 Å². The zero-order valence-electron chi connectivity index (χ0n) is 12.2. The van der Waals surface area contributed by atoms with E-state index < -0.39 is 11.9 Å². The molecule has 4 nitrogen and oxygen atoms in total. The predicted octanol–water partition coefficient (Wildman–Crippen LogP) is 4.27. The lowest BCUT2D eigenvalue weighted by atomic mass is 10.0. The normalized spacial score (nSPS) is 16.3. The van der Waals surface area contributed by atoms with E-state index in [1.807, 2.05) is 0 Å². The fraction of sp³-hybridized carbons (Fsp3) is 0.0588. The molecule has 2 aromatic carbocycles. The molecule has 3 aromatic rings. The molecular weight excluding hydrogens is 334 g/mol. The molecule has 0 amide bonds. The van der Waals surface area contributed by atoms with E-state index in [1.54, 1.807) is 35.0 Å². The van der Waals surface area contributed by atoms with Crippen LogP contribution in [0.15, 0.2) is 54.9 Å². The maximum atomic E-state index is 14.4. The molecule has 0 fully saturated rings. The number of hydrogen-bond donors (Lipinski definition) is 1. The number of allylic oxidation sites excluding steroid dienone is 1. The van der Waals surface area contributed by atoms with Crippen molar-refractivity contribution in [2.45, 2.75) is 6.04 Å². The largest absolute Gasteiger partial charge is 0.324 e. The lowest BCUT2D eigenvalue weighted by molar-refractivity contribution is 0.551. The predicted molar refractivity (Wildman–Crippen MR) is 87.6 cm³/mol. The first kappa shape index (κ1) is 14.8. The summed E-state index contributed by atoms with van der Waals surface area (Å²) >= 11 is 6.21. The molecule has 1 N–H and O–H groups in total. The van der Waals surface area contributed by atoms with E-state index in [0.29, 0.717) is 22.2 Å². The van der Waals surface area contributed by atoms with Crippen molar-refractivity contribution in [3.63, 3.8) is 0 Å². The average Bonchev–Trinajstić information content (AvgIpc) is 3.04. The zero-order chi connectivity index (χ0) is 16.7. The van der Waals surface area contributed by atoms with Gasteiger partial charge < -0.3 is 5.32 Å². The summed E-state index contributed by atoms with van der Waals surface area (Å²) in [4.78, 5) is 4.15. The van der Waals surface area contributed by atoms with Crippen molar-refractivity contribution in [1.29, 1.82) is 0 Å². The standard InChI is InChI=1S/C17H11ClF2N4/c18-12-2-1-3-13(20)16(12)15-8-14(10-4-6-11(19)7-5-10)23-17-21-9-22-24(15)17/h1-9,15H,(H,21,22,23). The molecule has 1 aromatic heterocycles. The van der Waals surface area contributed by atoms with Crippen LogP contribution >= 0.6 is 11.6 Å². The monoisotopic (exact) mass is 344 g/mol. The second kappa shape index (κ2) is 5.72. The van der Waals surface area contributed by atoms with Crippen LogP contribution < -0.4 is 5.32 Å². The van der Waals surface area contributed by atoms with Gasteiger partial charge in [0.05, 0.1) is 0 Å². The minimum atomic E-state index is -0.558. The SMILES string of the molecule is Fc1ccc(C2=CC(c3c(F)cccc3Cl)n3ncnc3N2)cc1. The van der Waals surface area contributed by atoms with Gasteiger partial charge in [-0.2, -0.15) is 10.1 Å². The second-order valence-corrected chi connectivity index (χ2v) is 5.73.